The van der Waals surface area contributed by atoms with Gasteiger partial charge < -0.3 is 20.4 Å². The van der Waals surface area contributed by atoms with Gasteiger partial charge in [0.1, 0.15) is 17.4 Å². The molecule has 0 saturated carbocycles. The van der Waals surface area contributed by atoms with E-state index in [0.717, 1.165) is 5.56 Å². The highest BCUT2D eigenvalue weighted by Gasteiger charge is 2.14. The topological polar surface area (TPSA) is 120 Å². The summed E-state index contributed by atoms with van der Waals surface area (Å²) in [6.45, 7) is 0. The number of urea groups is 1. The van der Waals surface area contributed by atoms with E-state index in [1.807, 2.05) is 36.4 Å². The second kappa shape index (κ2) is 11.0. The molecule has 0 aliphatic carbocycles. The van der Waals surface area contributed by atoms with Crippen molar-refractivity contribution in [1.29, 1.82) is 5.26 Å². The number of nitrogens with zero attached hydrogens (tertiary/aromatic N) is 2. The number of ether oxygens (including phenoxy) is 1. The number of hydrogen-bond donors (Lipinski definition) is 3. The monoisotopic (exact) mass is 483 g/mol. The predicted molar refractivity (Wildman–Crippen MR) is 137 cm³/mol. The van der Waals surface area contributed by atoms with Gasteiger partial charge in [-0.25, -0.2) is 9.78 Å². The number of thioether (sulfide) groups is 1. The van der Waals surface area contributed by atoms with Gasteiger partial charge in [-0.2, -0.15) is 5.26 Å². The molecule has 35 heavy (non-hydrogen) atoms. The lowest BCUT2D eigenvalue weighted by atomic mass is 10.1. The summed E-state index contributed by atoms with van der Waals surface area (Å²) >= 11 is 1.34. The molecule has 9 heteroatoms. The molecule has 2 amide bonds. The average molecular weight is 484 g/mol. The highest BCUT2D eigenvalue weighted by atomic mass is 32.2. The molecule has 0 radical (unpaired) electrons. The first kappa shape index (κ1) is 23.6. The van der Waals surface area contributed by atoms with Crippen molar-refractivity contribution in [2.24, 2.45) is 0 Å². The molecular weight excluding hydrogens is 462 g/mol. The molecule has 0 fully saturated rings. The maximum absolute atomic E-state index is 12.5. The summed E-state index contributed by atoms with van der Waals surface area (Å²) in [6.07, 6.45) is 0. The molecule has 1 aromatic heterocycles. The fourth-order valence-corrected chi connectivity index (χ4v) is 4.07. The number of aromatic amines is 1. The van der Waals surface area contributed by atoms with Gasteiger partial charge in [0.15, 0.2) is 5.16 Å². The Hall–Kier alpha value is -4.55. The number of H-pyrrole nitrogens is 1. The molecule has 4 rings (SSSR count). The van der Waals surface area contributed by atoms with Crippen molar-refractivity contribution in [3.05, 3.63) is 100 Å². The van der Waals surface area contributed by atoms with Crippen LogP contribution in [0.3, 0.4) is 0 Å². The maximum Gasteiger partial charge on any atom is 0.323 e. The van der Waals surface area contributed by atoms with Crippen LogP contribution < -0.4 is 20.9 Å². The van der Waals surface area contributed by atoms with E-state index < -0.39 is 5.56 Å². The van der Waals surface area contributed by atoms with Crippen molar-refractivity contribution in [2.75, 3.05) is 17.7 Å². The number of aromatic nitrogens is 2. The summed E-state index contributed by atoms with van der Waals surface area (Å²) in [5, 5.41) is 15.4. The van der Waals surface area contributed by atoms with Crippen LogP contribution in [0.4, 0.5) is 16.2 Å². The third-order valence-electron chi connectivity index (χ3n) is 4.97. The molecule has 0 unspecified atom stereocenters. The van der Waals surface area contributed by atoms with E-state index in [-0.39, 0.29) is 11.6 Å². The SMILES string of the molecule is COc1cccc(-c2nc(SCc3ccc(NC(=O)Nc4ccccc4)cc3)[nH]c(=O)c2C#N)c1. The first-order valence-corrected chi connectivity index (χ1v) is 11.6. The van der Waals surface area contributed by atoms with Crippen LogP contribution in [0.5, 0.6) is 5.75 Å². The zero-order valence-electron chi connectivity index (χ0n) is 18.7. The average Bonchev–Trinajstić information content (AvgIpc) is 2.88. The summed E-state index contributed by atoms with van der Waals surface area (Å²) < 4.78 is 5.25. The Morgan fingerprint density at radius 1 is 1.03 bits per heavy atom. The van der Waals surface area contributed by atoms with E-state index in [1.165, 1.54) is 11.8 Å². The summed E-state index contributed by atoms with van der Waals surface area (Å²) in [7, 11) is 1.55. The number of anilines is 2. The number of methoxy groups -OCH3 is 1. The maximum atomic E-state index is 12.5. The van der Waals surface area contributed by atoms with Crippen LogP contribution >= 0.6 is 11.8 Å². The van der Waals surface area contributed by atoms with Gasteiger partial charge in [0.25, 0.3) is 5.56 Å². The van der Waals surface area contributed by atoms with Crippen molar-refractivity contribution < 1.29 is 9.53 Å². The van der Waals surface area contributed by atoms with E-state index in [1.54, 1.807) is 55.6 Å². The minimum Gasteiger partial charge on any atom is -0.497 e. The number of nitriles is 1. The van der Waals surface area contributed by atoms with Crippen LogP contribution in [0.15, 0.2) is 88.8 Å². The van der Waals surface area contributed by atoms with Crippen LogP contribution in [0.25, 0.3) is 11.3 Å². The standard InChI is InChI=1S/C26H21N5O3S/c1-34-21-9-5-6-18(14-21)23-22(15-27)24(32)31-26(30-23)35-16-17-10-12-20(13-11-17)29-25(33)28-19-7-3-2-4-8-19/h2-14H,16H2,1H3,(H2,28,29,33)(H,30,31,32). The van der Waals surface area contributed by atoms with Gasteiger partial charge in [0, 0.05) is 22.7 Å². The highest BCUT2D eigenvalue weighted by molar-refractivity contribution is 7.98. The third-order valence-corrected chi connectivity index (χ3v) is 5.92. The van der Waals surface area contributed by atoms with Gasteiger partial charge in [-0.15, -0.1) is 0 Å². The van der Waals surface area contributed by atoms with E-state index in [4.69, 9.17) is 4.74 Å². The van der Waals surface area contributed by atoms with Crippen molar-refractivity contribution in [2.45, 2.75) is 10.9 Å². The molecule has 0 aliphatic heterocycles. The molecule has 3 N–H and O–H groups in total. The van der Waals surface area contributed by atoms with Crippen LogP contribution in [0.2, 0.25) is 0 Å². The normalized spacial score (nSPS) is 10.3. The predicted octanol–water partition coefficient (Wildman–Crippen LogP) is 5.25. The Morgan fingerprint density at radius 2 is 1.74 bits per heavy atom. The molecule has 4 aromatic rings. The van der Waals surface area contributed by atoms with Gasteiger partial charge in [0.2, 0.25) is 0 Å². The van der Waals surface area contributed by atoms with E-state index in [9.17, 15) is 14.9 Å². The Labute approximate surface area is 206 Å². The molecule has 8 nitrogen and oxygen atoms in total. The van der Waals surface area contributed by atoms with Gasteiger partial charge >= 0.3 is 6.03 Å². The minimum atomic E-state index is -0.494. The number of amides is 2. The zero-order chi connectivity index (χ0) is 24.6. The van der Waals surface area contributed by atoms with Crippen molar-refractivity contribution in [1.82, 2.24) is 9.97 Å². The Balaban J connectivity index is 1.44. The largest absolute Gasteiger partial charge is 0.497 e. The van der Waals surface area contributed by atoms with Crippen molar-refractivity contribution in [3.8, 4) is 23.1 Å². The molecule has 0 saturated heterocycles. The van der Waals surface area contributed by atoms with Gasteiger partial charge in [0.05, 0.1) is 12.8 Å². The minimum absolute atomic E-state index is 0.0493. The number of nitrogens with one attached hydrogen (secondary N) is 3. The molecule has 174 valence electrons. The van der Waals surface area contributed by atoms with Gasteiger partial charge in [-0.3, -0.25) is 4.79 Å². The lowest BCUT2D eigenvalue weighted by molar-refractivity contribution is 0.262. The number of carbonyl (C=O) groups excluding carboxylic acids is 1. The fraction of sp³-hybridized carbons (Fsp3) is 0.0769. The molecule has 0 spiro atoms. The smallest absolute Gasteiger partial charge is 0.323 e. The fourth-order valence-electron chi connectivity index (χ4n) is 3.25. The van der Waals surface area contributed by atoms with Crippen LogP contribution in [-0.4, -0.2) is 23.1 Å². The summed E-state index contributed by atoms with van der Waals surface area (Å²) in [4.78, 5) is 31.9. The Morgan fingerprint density at radius 3 is 2.43 bits per heavy atom. The second-order valence-corrected chi connectivity index (χ2v) is 8.33. The van der Waals surface area contributed by atoms with Gasteiger partial charge in [-0.1, -0.05) is 54.2 Å². The van der Waals surface area contributed by atoms with E-state index in [2.05, 4.69) is 20.6 Å². The molecule has 0 aliphatic rings. The van der Waals surface area contributed by atoms with Crippen molar-refractivity contribution >= 4 is 29.2 Å². The summed E-state index contributed by atoms with van der Waals surface area (Å²) in [6, 6.07) is 25.2. The molecule has 3 aromatic carbocycles. The molecule has 0 bridgehead atoms. The summed E-state index contributed by atoms with van der Waals surface area (Å²) in [5.74, 6) is 1.14. The second-order valence-electron chi connectivity index (χ2n) is 7.37. The molecular formula is C26H21N5O3S. The number of rotatable bonds is 7. The lowest BCUT2D eigenvalue weighted by Crippen LogP contribution is -2.19. The van der Waals surface area contributed by atoms with Crippen LogP contribution in [0.1, 0.15) is 11.1 Å². The first-order chi connectivity index (χ1) is 17.1. The molecule has 1 heterocycles. The number of para-hydroxylation sites is 1. The quantitative estimate of drug-likeness (QED) is 0.244. The van der Waals surface area contributed by atoms with Crippen molar-refractivity contribution in [3.63, 3.8) is 0 Å². The number of hydrogen-bond acceptors (Lipinski definition) is 6. The first-order valence-electron chi connectivity index (χ1n) is 10.6. The lowest BCUT2D eigenvalue weighted by Gasteiger charge is -2.09. The van der Waals surface area contributed by atoms with Crippen LogP contribution in [0, 0.1) is 11.3 Å². The number of carbonyl (C=O) groups is 1. The number of benzene rings is 3. The summed E-state index contributed by atoms with van der Waals surface area (Å²) in [5.41, 5.74) is 2.71. The molecule has 0 atom stereocenters. The third kappa shape index (κ3) is 6.07. The highest BCUT2D eigenvalue weighted by Crippen LogP contribution is 2.26. The van der Waals surface area contributed by atoms with Gasteiger partial charge in [-0.05, 0) is 42.0 Å². The Kier molecular flexibility index (Phi) is 7.45. The zero-order valence-corrected chi connectivity index (χ0v) is 19.6. The van der Waals surface area contributed by atoms with Crippen LogP contribution in [-0.2, 0) is 5.75 Å². The van der Waals surface area contributed by atoms with E-state index >= 15 is 0 Å². The van der Waals surface area contributed by atoms with E-state index in [0.29, 0.717) is 39.3 Å². The Bertz CT molecular complexity index is 1430.